The van der Waals surface area contributed by atoms with Crippen LogP contribution in [0.3, 0.4) is 0 Å². The van der Waals surface area contributed by atoms with Crippen LogP contribution in [0, 0.1) is 30.6 Å². The molecule has 0 aliphatic carbocycles. The summed E-state index contributed by atoms with van der Waals surface area (Å²) in [5.74, 6) is -12.5. The van der Waals surface area contributed by atoms with Gasteiger partial charge in [0.05, 0.1) is 37.6 Å². The number of nitrogens with one attached hydrogen (secondary N) is 8. The average molecular weight is 1490 g/mol. The minimum Gasteiger partial charge on any atom is -0.450 e. The molecule has 10 amide bonds. The average Bonchev–Trinajstić information content (AvgIpc) is 1.56. The molecule has 8 aliphatic rings. The number of aryl methyl sites for hydroxylation is 1. The maximum atomic E-state index is 14.6. The number of hydrogen-bond donors (Lipinski definition) is 14. The largest absolute Gasteiger partial charge is 0.450 e. The Morgan fingerprint density at radius 2 is 0.840 bits per heavy atom. The quantitative estimate of drug-likeness (QED) is 0.110. The van der Waals surface area contributed by atoms with Gasteiger partial charge in [0.1, 0.15) is 84.0 Å². The number of benzene rings is 2. The first kappa shape index (κ1) is 83.0. The van der Waals surface area contributed by atoms with E-state index in [1.54, 1.807) is 91.8 Å². The van der Waals surface area contributed by atoms with Crippen LogP contribution < -0.4 is 42.5 Å². The first-order valence-electron chi connectivity index (χ1n) is 35.8. The van der Waals surface area contributed by atoms with Crippen molar-refractivity contribution >= 4 is 82.4 Å². The fourth-order valence-electron chi connectivity index (χ4n) is 15.1. The molecule has 10 rings (SSSR count). The number of methoxy groups -OCH3 is 2. The van der Waals surface area contributed by atoms with Crippen LogP contribution in [0.2, 0.25) is 0 Å². The third-order valence-electron chi connectivity index (χ3n) is 20.8. The number of carbonyl (C=O) groups excluding carboxylic acids is 12. The SMILES string of the molecule is C.COC[C@@H]1NC(=O)[C@H]2C[C@@H](O)CCN2C(=O)[C@H](C(C)C)OC(=O)[C@@H](C(C)C)NC(=O)[C@@H]2C[C@@]3(O)c4cc(C)ccc4N[C@H]3N2C(=O)[C@@H]([C@H](C)O)NC1=O.COC[C@@H]1NC(=O)[C@H]2C[C@@H](O)CCN2C(=O)[C@H](C(C)C)OC(=O)[C@@H](C(C)C)NC(=O)[C@@H]2C[C@@]3(O)c4ccccc4N[C@H]3N2C(=O)[C@@H]([C@H](C)O)NC1=O. The molecule has 6 fully saturated rings. The normalized spacial score (nSPS) is 33.3. The van der Waals surface area contributed by atoms with Crippen LogP contribution in [0.4, 0.5) is 11.4 Å². The topological polar surface area (TPSA) is 472 Å². The highest BCUT2D eigenvalue weighted by atomic mass is 16.6. The zero-order valence-corrected chi connectivity index (χ0v) is 61.3. The van der Waals surface area contributed by atoms with Crippen molar-refractivity contribution in [1.82, 2.24) is 51.5 Å². The highest BCUT2D eigenvalue weighted by Crippen LogP contribution is 2.51. The molecule has 8 aliphatic heterocycles. The van der Waals surface area contributed by atoms with E-state index in [2.05, 4.69) is 42.5 Å². The van der Waals surface area contributed by atoms with Crippen molar-refractivity contribution in [3.63, 3.8) is 0 Å². The van der Waals surface area contributed by atoms with Crippen molar-refractivity contribution in [2.45, 2.75) is 243 Å². The molecule has 8 heterocycles. The molecule has 14 N–H and O–H groups in total. The lowest BCUT2D eigenvalue weighted by atomic mass is 9.90. The second-order valence-electron chi connectivity index (χ2n) is 30.1. The van der Waals surface area contributed by atoms with Gasteiger partial charge >= 0.3 is 11.9 Å². The highest BCUT2D eigenvalue weighted by molar-refractivity contribution is 6.01. The van der Waals surface area contributed by atoms with E-state index in [1.165, 1.54) is 37.9 Å². The van der Waals surface area contributed by atoms with Crippen LogP contribution in [-0.4, -0.2) is 271 Å². The first-order valence-corrected chi connectivity index (χ1v) is 35.8. The maximum Gasteiger partial charge on any atom is 0.329 e. The maximum absolute atomic E-state index is 14.6. The fraction of sp³-hybridized carbons (Fsp3) is 0.667. The Morgan fingerprint density at radius 1 is 0.472 bits per heavy atom. The molecular formula is C72H106N12O22. The number of cyclic esters (lactones) is 2. The highest BCUT2D eigenvalue weighted by Gasteiger charge is 2.64. The zero-order chi connectivity index (χ0) is 77.3. The van der Waals surface area contributed by atoms with E-state index in [0.717, 1.165) is 15.4 Å². The van der Waals surface area contributed by atoms with Gasteiger partial charge in [-0.1, -0.05) is 98.7 Å². The summed E-state index contributed by atoms with van der Waals surface area (Å²) in [4.78, 5) is 173. The monoisotopic (exact) mass is 1490 g/mol. The summed E-state index contributed by atoms with van der Waals surface area (Å²) >= 11 is 0. The number of nitrogens with zero attached hydrogens (tertiary/aromatic N) is 4. The van der Waals surface area contributed by atoms with Gasteiger partial charge < -0.3 is 112 Å². The number of carbonyl (C=O) groups is 12. The smallest absolute Gasteiger partial charge is 0.329 e. The Balaban J connectivity index is 0.000000265. The van der Waals surface area contributed by atoms with E-state index in [1.807, 2.05) is 13.0 Å². The van der Waals surface area contributed by atoms with Crippen molar-refractivity contribution < 1.29 is 107 Å². The lowest BCUT2D eigenvalue weighted by Crippen LogP contribution is -2.64. The fourth-order valence-corrected chi connectivity index (χ4v) is 15.1. The van der Waals surface area contributed by atoms with Crippen LogP contribution in [0.5, 0.6) is 0 Å². The molecule has 34 nitrogen and oxygen atoms in total. The van der Waals surface area contributed by atoms with Crippen LogP contribution in [-0.2, 0) is 87.7 Å². The third kappa shape index (κ3) is 16.7. The van der Waals surface area contributed by atoms with Gasteiger partial charge in [0.15, 0.2) is 12.2 Å². The molecule has 586 valence electrons. The Labute approximate surface area is 615 Å². The van der Waals surface area contributed by atoms with Crippen LogP contribution in [0.1, 0.15) is 132 Å². The molecule has 0 spiro atoms. The Bertz CT molecular complexity index is 3650. The van der Waals surface area contributed by atoms with Gasteiger partial charge in [-0.15, -0.1) is 0 Å². The number of para-hydroxylation sites is 1. The predicted octanol–water partition coefficient (Wildman–Crippen LogP) is -2.46. The molecular weight excluding hydrogens is 1380 g/mol. The van der Waals surface area contributed by atoms with Crippen molar-refractivity contribution in [2.75, 3.05) is 51.2 Å². The lowest BCUT2D eigenvalue weighted by Gasteiger charge is -2.40. The minimum atomic E-state index is -1.80. The molecule has 0 bridgehead atoms. The summed E-state index contributed by atoms with van der Waals surface area (Å²) in [6.45, 7) is 16.7. The third-order valence-corrected chi connectivity index (χ3v) is 20.8. The standard InChI is InChI=1S/C36H52N6O11.C35H50N6O11.CH4/c1-16(2)26-34(50)53-28(17(3)4)33(49)41-11-10-20(44)13-24(41)30(46)37-23(15-52-7)29(45)40-27(19(6)43)32(48)42-25(31(47)39-26)14-36(51)21-12-18(5)8-9-22(21)38-35(36)42;1-16(2)25-33(49)52-27(17(3)4)32(48)40-12-11-19(43)13-23(40)29(45)36-22(15-51-6)28(44)39-26(18(5)42)31(47)41-24(30(46)38-25)14-35(50)20-9-7-8-10-21(20)37-34(35)41;/h8-9,12,16-17,19-20,23-28,35,38,43-44,51H,10-11,13-15H2,1-7H3,(H,37,46)(H,39,47)(H,40,45);7-10,16-19,22-27,34,37,42-43,50H,11-15H2,1-6H3,(H,36,45)(H,38,46)(H,39,44);1H4/t19-,20-,23-,24+,25-,26+,27+,28-,35-,36+;18-,19-,22-,23+,24-,25+,26+,27-,34-,35+;/m00./s1. The van der Waals surface area contributed by atoms with Gasteiger partial charge in [0.25, 0.3) is 11.8 Å². The summed E-state index contributed by atoms with van der Waals surface area (Å²) < 4.78 is 22.0. The van der Waals surface area contributed by atoms with E-state index in [9.17, 15) is 88.2 Å². The molecule has 2 aromatic rings. The summed E-state index contributed by atoms with van der Waals surface area (Å²) in [6, 6.07) is -2.16. The number of anilines is 2. The number of hydrogen-bond acceptors (Lipinski definition) is 24. The number of amides is 10. The molecule has 2 aromatic carbocycles. The van der Waals surface area contributed by atoms with Gasteiger partial charge in [0.2, 0.25) is 47.3 Å². The number of piperidine rings is 2. The summed E-state index contributed by atoms with van der Waals surface area (Å²) in [7, 11) is 2.57. The molecule has 0 aromatic heterocycles. The Kier molecular flexibility index (Phi) is 26.4. The van der Waals surface area contributed by atoms with Crippen LogP contribution in [0.15, 0.2) is 42.5 Å². The number of fused-ring (bicyclic) bond motifs is 12. The molecule has 6 saturated heterocycles. The van der Waals surface area contributed by atoms with Gasteiger partial charge in [-0.3, -0.25) is 47.9 Å². The number of aliphatic hydroxyl groups excluding tert-OH is 4. The van der Waals surface area contributed by atoms with Crippen molar-refractivity contribution in [2.24, 2.45) is 23.7 Å². The van der Waals surface area contributed by atoms with Crippen LogP contribution >= 0.6 is 0 Å². The summed E-state index contributed by atoms with van der Waals surface area (Å²) in [5, 5.41) is 88.9. The lowest BCUT2D eigenvalue weighted by molar-refractivity contribution is -0.170. The van der Waals surface area contributed by atoms with Gasteiger partial charge in [0, 0.05) is 75.5 Å². The van der Waals surface area contributed by atoms with E-state index in [0.29, 0.717) is 22.5 Å². The Hall–Kier alpha value is -8.64. The van der Waals surface area contributed by atoms with E-state index >= 15 is 0 Å². The molecule has 0 saturated carbocycles. The van der Waals surface area contributed by atoms with E-state index < -0.39 is 215 Å². The second kappa shape index (κ2) is 33.7. The van der Waals surface area contributed by atoms with Crippen molar-refractivity contribution in [3.05, 3.63) is 59.2 Å². The number of aliphatic hydroxyl groups is 6. The zero-order valence-electron chi connectivity index (χ0n) is 61.3. The molecule has 106 heavy (non-hydrogen) atoms. The Morgan fingerprint density at radius 3 is 1.22 bits per heavy atom. The molecule has 34 heteroatoms. The van der Waals surface area contributed by atoms with Gasteiger partial charge in [-0.2, -0.15) is 0 Å². The van der Waals surface area contributed by atoms with E-state index in [4.69, 9.17) is 18.9 Å². The molecule has 20 atom stereocenters. The molecule has 0 unspecified atom stereocenters. The van der Waals surface area contributed by atoms with Crippen molar-refractivity contribution in [3.8, 4) is 0 Å². The first-order chi connectivity index (χ1) is 49.4. The predicted molar refractivity (Wildman–Crippen MR) is 377 cm³/mol. The van der Waals surface area contributed by atoms with Gasteiger partial charge in [-0.25, -0.2) is 9.59 Å². The second-order valence-corrected chi connectivity index (χ2v) is 30.1. The number of ether oxygens (including phenoxy) is 4. The van der Waals surface area contributed by atoms with Crippen molar-refractivity contribution in [1.29, 1.82) is 0 Å². The van der Waals surface area contributed by atoms with Gasteiger partial charge in [-0.05, 0) is 69.4 Å². The minimum absolute atomic E-state index is 0. The number of rotatable bonds is 10. The van der Waals surface area contributed by atoms with Crippen LogP contribution in [0.25, 0.3) is 0 Å². The number of esters is 2. The van der Waals surface area contributed by atoms with E-state index in [-0.39, 0.29) is 72.3 Å². The molecule has 0 radical (unpaired) electrons. The summed E-state index contributed by atoms with van der Waals surface area (Å²) in [6.07, 6.45) is -10.9. The summed E-state index contributed by atoms with van der Waals surface area (Å²) in [5.41, 5.74) is -0.881.